The van der Waals surface area contributed by atoms with Crippen molar-refractivity contribution in [2.75, 3.05) is 33.9 Å². The number of halogens is 2. The van der Waals surface area contributed by atoms with Crippen LogP contribution >= 0.6 is 12.4 Å². The molecule has 1 aliphatic heterocycles. The number of ketones is 1. The van der Waals surface area contributed by atoms with Crippen molar-refractivity contribution in [1.82, 2.24) is 4.90 Å². The molecule has 2 aromatic rings. The fourth-order valence-corrected chi connectivity index (χ4v) is 7.38. The Balaban J connectivity index is 0.00000833. The summed E-state index contributed by atoms with van der Waals surface area (Å²) in [6.07, 6.45) is 23.6. The van der Waals surface area contributed by atoms with Gasteiger partial charge in [-0.3, -0.25) is 4.79 Å². The lowest BCUT2D eigenvalue weighted by molar-refractivity contribution is 0.0838. The second-order valence-corrected chi connectivity index (χ2v) is 14.1. The summed E-state index contributed by atoms with van der Waals surface area (Å²) in [4.78, 5) is 15.3. The van der Waals surface area contributed by atoms with Gasteiger partial charge in [-0.15, -0.1) is 12.4 Å². The Labute approximate surface area is 303 Å². The summed E-state index contributed by atoms with van der Waals surface area (Å²) in [5.41, 5.74) is 1.15. The minimum Gasteiger partial charge on any atom is -0.493 e. The van der Waals surface area contributed by atoms with Crippen molar-refractivity contribution in [1.29, 1.82) is 5.26 Å². The third-order valence-electron chi connectivity index (χ3n) is 10.5. The molecule has 1 heterocycles. The van der Waals surface area contributed by atoms with E-state index in [9.17, 15) is 14.4 Å². The van der Waals surface area contributed by atoms with Crippen LogP contribution in [0.3, 0.4) is 0 Å². The number of benzene rings is 2. The third kappa shape index (κ3) is 14.6. The topological polar surface area (TPSA) is 62.6 Å². The number of nitrogens with zero attached hydrogens (tertiary/aromatic N) is 2. The zero-order chi connectivity index (χ0) is 34.5. The van der Waals surface area contributed by atoms with E-state index in [0.29, 0.717) is 17.1 Å². The number of piperidine rings is 1. The minimum absolute atomic E-state index is 0. The number of likely N-dealkylation sites (tertiary alicyclic amines) is 1. The molecule has 7 heteroatoms. The van der Waals surface area contributed by atoms with Crippen LogP contribution in [0, 0.1) is 23.1 Å². The lowest BCUT2D eigenvalue weighted by Gasteiger charge is -2.31. The molecule has 274 valence electrons. The SMILES string of the molecule is CCCCCCCCCCCCCCC(C#N)(CCCCCCN1CCC(C(=O)c2ccc(F)cc2)CC1)c1ccc(OC)c(OC)c1.Cl. The van der Waals surface area contributed by atoms with Crippen molar-refractivity contribution in [3.05, 3.63) is 59.4 Å². The number of hydrogen-bond acceptors (Lipinski definition) is 5. The lowest BCUT2D eigenvalue weighted by atomic mass is 9.73. The van der Waals surface area contributed by atoms with Gasteiger partial charge in [0.25, 0.3) is 0 Å². The average molecular weight is 699 g/mol. The minimum atomic E-state index is -0.517. The molecule has 1 fully saturated rings. The molecule has 0 spiro atoms. The molecule has 0 N–H and O–H groups in total. The molecule has 5 nitrogen and oxygen atoms in total. The highest BCUT2D eigenvalue weighted by molar-refractivity contribution is 5.97. The number of unbranched alkanes of at least 4 members (excludes halogenated alkanes) is 14. The molecule has 0 saturated carbocycles. The molecule has 49 heavy (non-hydrogen) atoms. The normalized spacial score (nSPS) is 14.8. The van der Waals surface area contributed by atoms with Crippen LogP contribution in [-0.4, -0.2) is 44.5 Å². The summed E-state index contributed by atoms with van der Waals surface area (Å²) in [7, 11) is 3.31. The van der Waals surface area contributed by atoms with Crippen molar-refractivity contribution in [3.8, 4) is 17.6 Å². The van der Waals surface area contributed by atoms with Gasteiger partial charge in [0.2, 0.25) is 0 Å². The first-order chi connectivity index (χ1) is 23.5. The van der Waals surface area contributed by atoms with E-state index in [1.54, 1.807) is 26.4 Å². The van der Waals surface area contributed by atoms with Crippen LogP contribution in [0.4, 0.5) is 4.39 Å². The summed E-state index contributed by atoms with van der Waals surface area (Å²) in [6.45, 7) is 5.20. The Hall–Kier alpha value is -2.62. The van der Waals surface area contributed by atoms with Crippen molar-refractivity contribution in [3.63, 3.8) is 0 Å². The monoisotopic (exact) mass is 698 g/mol. The van der Waals surface area contributed by atoms with Gasteiger partial charge in [0.1, 0.15) is 5.82 Å². The van der Waals surface area contributed by atoms with E-state index in [4.69, 9.17) is 9.47 Å². The van der Waals surface area contributed by atoms with Gasteiger partial charge in [0, 0.05) is 11.5 Å². The largest absolute Gasteiger partial charge is 0.493 e. The number of Topliss-reactive ketones (excluding diaryl/α,β-unsaturated/α-hetero) is 1. The molecule has 2 aromatic carbocycles. The fourth-order valence-electron chi connectivity index (χ4n) is 7.38. The van der Waals surface area contributed by atoms with Gasteiger partial charge in [-0.25, -0.2) is 4.39 Å². The second-order valence-electron chi connectivity index (χ2n) is 14.1. The van der Waals surface area contributed by atoms with Crippen LogP contribution in [0.5, 0.6) is 11.5 Å². The van der Waals surface area contributed by atoms with E-state index in [-0.39, 0.29) is 29.9 Å². The molecule has 1 atom stereocenters. The first kappa shape index (κ1) is 42.5. The maximum Gasteiger partial charge on any atom is 0.166 e. The quantitative estimate of drug-likeness (QED) is 0.0763. The number of ether oxygens (including phenoxy) is 2. The zero-order valence-corrected chi connectivity index (χ0v) is 31.6. The summed E-state index contributed by atoms with van der Waals surface area (Å²) in [5, 5.41) is 10.6. The molecule has 0 aliphatic carbocycles. The van der Waals surface area contributed by atoms with Crippen molar-refractivity contribution < 1.29 is 18.7 Å². The number of carbonyl (C=O) groups excluding carboxylic acids is 1. The van der Waals surface area contributed by atoms with Gasteiger partial charge < -0.3 is 14.4 Å². The first-order valence-electron chi connectivity index (χ1n) is 19.1. The summed E-state index contributed by atoms with van der Waals surface area (Å²) >= 11 is 0. The molecule has 0 radical (unpaired) electrons. The fraction of sp³-hybridized carbons (Fsp3) is 0.667. The van der Waals surface area contributed by atoms with Crippen molar-refractivity contribution >= 4 is 18.2 Å². The lowest BCUT2D eigenvalue weighted by Crippen LogP contribution is -2.36. The Morgan fingerprint density at radius 1 is 0.776 bits per heavy atom. The Kier molecular flexibility index (Phi) is 21.3. The maximum atomic E-state index is 13.3. The van der Waals surface area contributed by atoms with E-state index in [1.807, 2.05) is 12.1 Å². The smallest absolute Gasteiger partial charge is 0.166 e. The molecule has 0 bridgehead atoms. The number of hydrogen-bond donors (Lipinski definition) is 0. The first-order valence-corrected chi connectivity index (χ1v) is 19.1. The average Bonchev–Trinajstić information content (AvgIpc) is 3.12. The van der Waals surface area contributed by atoms with Gasteiger partial charge in [0.15, 0.2) is 17.3 Å². The Morgan fingerprint density at radius 3 is 1.80 bits per heavy atom. The van der Waals surface area contributed by atoms with Gasteiger partial charge in [-0.2, -0.15) is 5.26 Å². The second kappa shape index (κ2) is 24.5. The standard InChI is InChI=1S/C42H63FN2O3.ClH/c1-4-5-6-7-8-9-10-11-12-13-14-17-28-42(34-44,37-22-25-39(47-2)40(33-37)48-3)29-18-15-16-19-30-45-31-26-36(27-32-45)41(46)35-20-23-38(43)24-21-35;/h20-25,33,36H,4-19,26-32H2,1-3H3;1H. The predicted octanol–water partition coefficient (Wildman–Crippen LogP) is 11.7. The Bertz CT molecular complexity index is 1230. The molecule has 0 amide bonds. The molecular formula is C42H64ClFN2O3. The van der Waals surface area contributed by atoms with Gasteiger partial charge in [0.05, 0.1) is 25.7 Å². The van der Waals surface area contributed by atoms with E-state index in [0.717, 1.165) is 83.0 Å². The van der Waals surface area contributed by atoms with Crippen LogP contribution in [0.15, 0.2) is 42.5 Å². The summed E-state index contributed by atoms with van der Waals surface area (Å²) in [5.74, 6) is 1.26. The van der Waals surface area contributed by atoms with Crippen molar-refractivity contribution in [2.45, 2.75) is 141 Å². The summed E-state index contributed by atoms with van der Waals surface area (Å²) < 4.78 is 24.4. The molecule has 1 aliphatic rings. The Morgan fingerprint density at radius 2 is 1.29 bits per heavy atom. The van der Waals surface area contributed by atoms with Crippen LogP contribution in [-0.2, 0) is 5.41 Å². The maximum absolute atomic E-state index is 13.3. The number of methoxy groups -OCH3 is 2. The highest BCUT2D eigenvalue weighted by atomic mass is 35.5. The third-order valence-corrected chi connectivity index (χ3v) is 10.5. The van der Waals surface area contributed by atoms with E-state index >= 15 is 0 Å². The van der Waals surface area contributed by atoms with Crippen molar-refractivity contribution in [2.24, 2.45) is 5.92 Å². The zero-order valence-electron chi connectivity index (χ0n) is 30.8. The van der Waals surface area contributed by atoms with E-state index in [2.05, 4.69) is 24.0 Å². The van der Waals surface area contributed by atoms with Gasteiger partial charge >= 0.3 is 0 Å². The van der Waals surface area contributed by atoms with Crippen LogP contribution < -0.4 is 9.47 Å². The van der Waals surface area contributed by atoms with Crippen LogP contribution in [0.2, 0.25) is 0 Å². The van der Waals surface area contributed by atoms with E-state index in [1.165, 1.54) is 82.8 Å². The van der Waals surface area contributed by atoms with Crippen LogP contribution in [0.1, 0.15) is 151 Å². The molecule has 1 unspecified atom stereocenters. The van der Waals surface area contributed by atoms with Gasteiger partial charge in [-0.1, -0.05) is 109 Å². The highest BCUT2D eigenvalue weighted by Gasteiger charge is 2.32. The highest BCUT2D eigenvalue weighted by Crippen LogP contribution is 2.39. The number of carbonyl (C=O) groups is 1. The van der Waals surface area contributed by atoms with E-state index < -0.39 is 5.41 Å². The molecule has 0 aromatic heterocycles. The summed E-state index contributed by atoms with van der Waals surface area (Å²) in [6, 6.07) is 14.8. The molecule has 3 rings (SSSR count). The van der Waals surface area contributed by atoms with Crippen LogP contribution in [0.25, 0.3) is 0 Å². The predicted molar refractivity (Wildman–Crippen MR) is 203 cm³/mol. The molecule has 1 saturated heterocycles. The number of nitriles is 1. The number of rotatable bonds is 25. The molecular weight excluding hydrogens is 635 g/mol. The van der Waals surface area contributed by atoms with Gasteiger partial charge in [-0.05, 0) is 93.7 Å².